The van der Waals surface area contributed by atoms with Crippen molar-refractivity contribution >= 4 is 17.5 Å². The zero-order chi connectivity index (χ0) is 14.4. The Balaban J connectivity index is 2.70. The van der Waals surface area contributed by atoms with Gasteiger partial charge in [0.2, 0.25) is 5.91 Å². The first kappa shape index (κ1) is 14.6. The summed E-state index contributed by atoms with van der Waals surface area (Å²) in [7, 11) is 0. The third-order valence-electron chi connectivity index (χ3n) is 2.63. The summed E-state index contributed by atoms with van der Waals surface area (Å²) in [6, 6.07) is 4.33. The second-order valence-corrected chi connectivity index (χ2v) is 4.03. The van der Waals surface area contributed by atoms with Gasteiger partial charge in [-0.05, 0) is 19.4 Å². The summed E-state index contributed by atoms with van der Waals surface area (Å²) in [6.45, 7) is 1.82. The highest BCUT2D eigenvalue weighted by Gasteiger charge is 2.17. The molecule has 0 fully saturated rings. The summed E-state index contributed by atoms with van der Waals surface area (Å²) in [4.78, 5) is 32.6. The minimum Gasteiger partial charge on any atom is -0.370 e. The molecule has 0 saturated heterocycles. The molecule has 1 rings (SSSR count). The van der Waals surface area contributed by atoms with Crippen molar-refractivity contribution in [2.24, 2.45) is 5.73 Å². The van der Waals surface area contributed by atoms with Gasteiger partial charge in [0, 0.05) is 30.2 Å². The van der Waals surface area contributed by atoms with Crippen molar-refractivity contribution in [3.05, 3.63) is 39.4 Å². The first-order chi connectivity index (χ1) is 8.93. The topological polar surface area (TPSA) is 115 Å². The van der Waals surface area contributed by atoms with Gasteiger partial charge in [-0.2, -0.15) is 0 Å². The Kier molecular flexibility index (Phi) is 4.99. The molecule has 0 heterocycles. The Morgan fingerprint density at radius 2 is 2.11 bits per heavy atom. The van der Waals surface area contributed by atoms with Crippen LogP contribution in [-0.2, 0) is 4.79 Å². The van der Waals surface area contributed by atoms with Gasteiger partial charge in [0.1, 0.15) is 0 Å². The van der Waals surface area contributed by atoms with E-state index in [1.165, 1.54) is 25.1 Å². The first-order valence-corrected chi connectivity index (χ1v) is 5.74. The largest absolute Gasteiger partial charge is 0.370 e. The zero-order valence-electron chi connectivity index (χ0n) is 10.5. The smallest absolute Gasteiger partial charge is 0.273 e. The number of hydrogen-bond donors (Lipinski definition) is 2. The van der Waals surface area contributed by atoms with Crippen molar-refractivity contribution in [1.82, 2.24) is 5.32 Å². The van der Waals surface area contributed by atoms with Crippen LogP contribution in [0.2, 0.25) is 0 Å². The molecule has 0 aliphatic rings. The molecule has 0 spiro atoms. The van der Waals surface area contributed by atoms with E-state index in [4.69, 9.17) is 5.73 Å². The van der Waals surface area contributed by atoms with E-state index in [-0.39, 0.29) is 17.7 Å². The molecular weight excluding hydrogens is 250 g/mol. The normalized spacial score (nSPS) is 9.95. The molecule has 0 radical (unpaired) electrons. The first-order valence-electron chi connectivity index (χ1n) is 5.74. The third kappa shape index (κ3) is 4.06. The maximum atomic E-state index is 11.8. The Hall–Kier alpha value is -2.44. The molecule has 7 heteroatoms. The van der Waals surface area contributed by atoms with E-state index in [1.54, 1.807) is 0 Å². The second-order valence-electron chi connectivity index (χ2n) is 4.03. The fourth-order valence-corrected chi connectivity index (χ4v) is 1.63. The highest BCUT2D eigenvalue weighted by molar-refractivity contribution is 5.96. The molecule has 102 valence electrons. The van der Waals surface area contributed by atoms with Gasteiger partial charge in [0.15, 0.2) is 0 Å². The van der Waals surface area contributed by atoms with Gasteiger partial charge in [-0.15, -0.1) is 0 Å². The summed E-state index contributed by atoms with van der Waals surface area (Å²) in [5, 5.41) is 13.3. The molecule has 0 saturated carbocycles. The van der Waals surface area contributed by atoms with Gasteiger partial charge >= 0.3 is 0 Å². The summed E-state index contributed by atoms with van der Waals surface area (Å²) in [5.74, 6) is -0.827. The molecular formula is C12H15N3O4. The molecule has 3 N–H and O–H groups in total. The molecule has 19 heavy (non-hydrogen) atoms. The molecule has 0 atom stereocenters. The van der Waals surface area contributed by atoms with Crippen LogP contribution in [0.25, 0.3) is 0 Å². The standard InChI is InChI=1S/C12H15N3O4/c1-8-9(4-2-5-10(8)15(18)19)12(17)14-7-3-6-11(13)16/h2,4-5H,3,6-7H2,1H3,(H2,13,16)(H,14,17). The lowest BCUT2D eigenvalue weighted by Crippen LogP contribution is -2.26. The van der Waals surface area contributed by atoms with Crippen LogP contribution in [0.1, 0.15) is 28.8 Å². The number of primary amides is 1. The quantitative estimate of drug-likeness (QED) is 0.451. The minimum absolute atomic E-state index is 0.0928. The number of nitrogens with two attached hydrogens (primary N) is 1. The number of nitro benzene ring substituents is 1. The van der Waals surface area contributed by atoms with Crippen molar-refractivity contribution in [1.29, 1.82) is 0 Å². The highest BCUT2D eigenvalue weighted by Crippen LogP contribution is 2.20. The van der Waals surface area contributed by atoms with Crippen LogP contribution in [0.15, 0.2) is 18.2 Å². The van der Waals surface area contributed by atoms with E-state index in [1.807, 2.05) is 0 Å². The molecule has 0 aromatic heterocycles. The predicted octanol–water partition coefficient (Wildman–Crippen LogP) is 0.899. The monoisotopic (exact) mass is 265 g/mol. The summed E-state index contributed by atoms with van der Waals surface area (Å²) >= 11 is 0. The van der Waals surface area contributed by atoms with Crippen LogP contribution in [-0.4, -0.2) is 23.3 Å². The molecule has 1 aromatic carbocycles. The van der Waals surface area contributed by atoms with E-state index in [0.29, 0.717) is 18.5 Å². The Bertz CT molecular complexity index is 514. The number of nitro groups is 1. The minimum atomic E-state index is -0.529. The average molecular weight is 265 g/mol. The Labute approximate surface area is 109 Å². The zero-order valence-corrected chi connectivity index (χ0v) is 10.5. The predicted molar refractivity (Wildman–Crippen MR) is 68.6 cm³/mol. The third-order valence-corrected chi connectivity index (χ3v) is 2.63. The fourth-order valence-electron chi connectivity index (χ4n) is 1.63. The van der Waals surface area contributed by atoms with Gasteiger partial charge in [0.25, 0.3) is 11.6 Å². The van der Waals surface area contributed by atoms with Crippen LogP contribution in [0.3, 0.4) is 0 Å². The SMILES string of the molecule is Cc1c(C(=O)NCCCC(N)=O)cccc1[N+](=O)[O-]. The fraction of sp³-hybridized carbons (Fsp3) is 0.333. The number of amides is 2. The molecule has 0 bridgehead atoms. The molecule has 2 amide bonds. The number of benzene rings is 1. The number of hydrogen-bond acceptors (Lipinski definition) is 4. The number of nitrogens with one attached hydrogen (secondary N) is 1. The van der Waals surface area contributed by atoms with E-state index < -0.39 is 16.7 Å². The number of nitrogens with zero attached hydrogens (tertiary/aromatic N) is 1. The van der Waals surface area contributed by atoms with Crippen LogP contribution < -0.4 is 11.1 Å². The summed E-state index contributed by atoms with van der Waals surface area (Å²) in [6.07, 6.45) is 0.628. The summed E-state index contributed by atoms with van der Waals surface area (Å²) < 4.78 is 0. The van der Waals surface area contributed by atoms with Gasteiger partial charge < -0.3 is 11.1 Å². The van der Waals surface area contributed by atoms with Gasteiger partial charge in [-0.1, -0.05) is 6.07 Å². The van der Waals surface area contributed by atoms with Crippen molar-refractivity contribution in [2.45, 2.75) is 19.8 Å². The molecule has 1 aromatic rings. The van der Waals surface area contributed by atoms with Crippen molar-refractivity contribution in [3.8, 4) is 0 Å². The lowest BCUT2D eigenvalue weighted by Gasteiger charge is -2.07. The number of rotatable bonds is 6. The highest BCUT2D eigenvalue weighted by atomic mass is 16.6. The van der Waals surface area contributed by atoms with Gasteiger partial charge in [-0.3, -0.25) is 19.7 Å². The average Bonchev–Trinajstić information content (AvgIpc) is 2.34. The van der Waals surface area contributed by atoms with Crippen LogP contribution in [0, 0.1) is 17.0 Å². The van der Waals surface area contributed by atoms with Gasteiger partial charge in [0.05, 0.1) is 4.92 Å². The molecule has 0 unspecified atom stereocenters. The van der Waals surface area contributed by atoms with Crippen LogP contribution in [0.5, 0.6) is 0 Å². The van der Waals surface area contributed by atoms with Crippen molar-refractivity contribution in [3.63, 3.8) is 0 Å². The van der Waals surface area contributed by atoms with E-state index in [2.05, 4.69) is 5.32 Å². The second kappa shape index (κ2) is 6.48. The Morgan fingerprint density at radius 3 is 2.68 bits per heavy atom. The van der Waals surface area contributed by atoms with Gasteiger partial charge in [-0.25, -0.2) is 0 Å². The Morgan fingerprint density at radius 1 is 1.42 bits per heavy atom. The summed E-state index contributed by atoms with van der Waals surface area (Å²) in [5.41, 5.74) is 5.46. The maximum Gasteiger partial charge on any atom is 0.273 e. The molecule has 0 aliphatic heterocycles. The lowest BCUT2D eigenvalue weighted by atomic mass is 10.1. The lowest BCUT2D eigenvalue weighted by molar-refractivity contribution is -0.385. The molecule has 0 aliphatic carbocycles. The number of carbonyl (C=O) groups is 2. The number of carbonyl (C=O) groups excluding carboxylic acids is 2. The van der Waals surface area contributed by atoms with Crippen molar-refractivity contribution in [2.75, 3.05) is 6.54 Å². The van der Waals surface area contributed by atoms with E-state index >= 15 is 0 Å². The van der Waals surface area contributed by atoms with Crippen LogP contribution in [0.4, 0.5) is 5.69 Å². The maximum absolute atomic E-state index is 11.8. The molecule has 7 nitrogen and oxygen atoms in total. The van der Waals surface area contributed by atoms with E-state index in [9.17, 15) is 19.7 Å². The van der Waals surface area contributed by atoms with E-state index in [0.717, 1.165) is 0 Å². The van der Waals surface area contributed by atoms with Crippen molar-refractivity contribution < 1.29 is 14.5 Å². The van der Waals surface area contributed by atoms with Crippen LogP contribution >= 0.6 is 0 Å².